The Bertz CT molecular complexity index is 122. The molecular weight excluding hydrogens is 222 g/mol. The standard InChI is InChI=1S/C12H27NO4/c1-13-5-10-15-8-4-9-17-12-11-16-7-3-6-14-2/h13H,3-12H2,1-2H3. The molecule has 0 aromatic heterocycles. The van der Waals surface area contributed by atoms with Crippen molar-refractivity contribution in [3.8, 4) is 0 Å². The minimum atomic E-state index is 0.656. The van der Waals surface area contributed by atoms with Crippen LogP contribution in [0.1, 0.15) is 12.8 Å². The molecule has 0 heterocycles. The van der Waals surface area contributed by atoms with E-state index in [9.17, 15) is 0 Å². The van der Waals surface area contributed by atoms with Crippen LogP contribution in [0.3, 0.4) is 0 Å². The van der Waals surface area contributed by atoms with Crippen LogP contribution < -0.4 is 5.32 Å². The van der Waals surface area contributed by atoms with Crippen LogP contribution in [0.5, 0.6) is 0 Å². The topological polar surface area (TPSA) is 49.0 Å². The number of hydrogen-bond acceptors (Lipinski definition) is 5. The summed E-state index contributed by atoms with van der Waals surface area (Å²) in [6, 6.07) is 0. The lowest BCUT2D eigenvalue weighted by Gasteiger charge is -2.06. The van der Waals surface area contributed by atoms with E-state index in [0.717, 1.165) is 52.4 Å². The van der Waals surface area contributed by atoms with Crippen molar-refractivity contribution in [2.75, 3.05) is 67.0 Å². The fourth-order valence-corrected chi connectivity index (χ4v) is 1.17. The summed E-state index contributed by atoms with van der Waals surface area (Å²) in [6.07, 6.45) is 1.88. The molecule has 0 spiro atoms. The van der Waals surface area contributed by atoms with Crippen LogP contribution in [0.2, 0.25) is 0 Å². The molecule has 0 aromatic carbocycles. The molecule has 0 bridgehead atoms. The first-order valence-electron chi connectivity index (χ1n) is 6.28. The van der Waals surface area contributed by atoms with Gasteiger partial charge in [0.2, 0.25) is 0 Å². The predicted molar refractivity (Wildman–Crippen MR) is 67.5 cm³/mol. The van der Waals surface area contributed by atoms with Gasteiger partial charge in [-0.05, 0) is 19.9 Å². The molecule has 0 rings (SSSR count). The molecule has 0 aliphatic carbocycles. The fourth-order valence-electron chi connectivity index (χ4n) is 1.17. The highest BCUT2D eigenvalue weighted by Crippen LogP contribution is 1.87. The van der Waals surface area contributed by atoms with Crippen molar-refractivity contribution in [3.05, 3.63) is 0 Å². The summed E-state index contributed by atoms with van der Waals surface area (Å²) in [5.41, 5.74) is 0. The lowest BCUT2D eigenvalue weighted by molar-refractivity contribution is 0.0304. The van der Waals surface area contributed by atoms with Crippen LogP contribution >= 0.6 is 0 Å². The Morgan fingerprint density at radius 2 is 1.24 bits per heavy atom. The Morgan fingerprint density at radius 3 is 1.76 bits per heavy atom. The summed E-state index contributed by atoms with van der Waals surface area (Å²) in [6.45, 7) is 5.97. The number of methoxy groups -OCH3 is 1. The van der Waals surface area contributed by atoms with Crippen molar-refractivity contribution < 1.29 is 18.9 Å². The van der Waals surface area contributed by atoms with Crippen molar-refractivity contribution in [1.82, 2.24) is 5.32 Å². The maximum absolute atomic E-state index is 5.39. The van der Waals surface area contributed by atoms with E-state index in [4.69, 9.17) is 18.9 Å². The minimum Gasteiger partial charge on any atom is -0.385 e. The van der Waals surface area contributed by atoms with Crippen LogP contribution in [-0.4, -0.2) is 67.0 Å². The normalized spacial score (nSPS) is 10.9. The van der Waals surface area contributed by atoms with E-state index < -0.39 is 0 Å². The summed E-state index contributed by atoms with van der Waals surface area (Å²) < 4.78 is 21.0. The van der Waals surface area contributed by atoms with Crippen LogP contribution in [0.15, 0.2) is 0 Å². The molecule has 0 saturated carbocycles. The summed E-state index contributed by atoms with van der Waals surface area (Å²) in [4.78, 5) is 0. The van der Waals surface area contributed by atoms with Gasteiger partial charge in [0.05, 0.1) is 19.8 Å². The lowest BCUT2D eigenvalue weighted by Crippen LogP contribution is -2.15. The number of ether oxygens (including phenoxy) is 4. The highest BCUT2D eigenvalue weighted by molar-refractivity contribution is 4.39. The van der Waals surface area contributed by atoms with Crippen LogP contribution in [0, 0.1) is 0 Å². The monoisotopic (exact) mass is 249 g/mol. The smallest absolute Gasteiger partial charge is 0.0700 e. The van der Waals surface area contributed by atoms with Crippen LogP contribution in [0.4, 0.5) is 0 Å². The maximum Gasteiger partial charge on any atom is 0.0700 e. The number of nitrogens with one attached hydrogen (secondary N) is 1. The molecule has 1 N–H and O–H groups in total. The van der Waals surface area contributed by atoms with Gasteiger partial charge in [0.25, 0.3) is 0 Å². The summed E-state index contributed by atoms with van der Waals surface area (Å²) >= 11 is 0. The van der Waals surface area contributed by atoms with Crippen LogP contribution in [-0.2, 0) is 18.9 Å². The van der Waals surface area contributed by atoms with Gasteiger partial charge in [-0.25, -0.2) is 0 Å². The van der Waals surface area contributed by atoms with Gasteiger partial charge in [-0.15, -0.1) is 0 Å². The fraction of sp³-hybridized carbons (Fsp3) is 1.00. The van der Waals surface area contributed by atoms with E-state index in [1.54, 1.807) is 7.11 Å². The van der Waals surface area contributed by atoms with E-state index in [2.05, 4.69) is 5.32 Å². The molecule has 17 heavy (non-hydrogen) atoms. The van der Waals surface area contributed by atoms with Crippen molar-refractivity contribution in [2.24, 2.45) is 0 Å². The van der Waals surface area contributed by atoms with Gasteiger partial charge in [-0.2, -0.15) is 0 Å². The van der Waals surface area contributed by atoms with Gasteiger partial charge in [-0.3, -0.25) is 0 Å². The molecule has 104 valence electrons. The highest BCUT2D eigenvalue weighted by Gasteiger charge is 1.92. The molecule has 0 aliphatic heterocycles. The third kappa shape index (κ3) is 15.8. The van der Waals surface area contributed by atoms with Crippen molar-refractivity contribution in [3.63, 3.8) is 0 Å². The molecular formula is C12H27NO4. The zero-order valence-electron chi connectivity index (χ0n) is 11.2. The second-order valence-electron chi connectivity index (χ2n) is 3.64. The van der Waals surface area contributed by atoms with E-state index >= 15 is 0 Å². The van der Waals surface area contributed by atoms with Crippen molar-refractivity contribution >= 4 is 0 Å². The van der Waals surface area contributed by atoms with Crippen molar-refractivity contribution in [2.45, 2.75) is 12.8 Å². The van der Waals surface area contributed by atoms with Crippen LogP contribution in [0.25, 0.3) is 0 Å². The molecule has 5 nitrogen and oxygen atoms in total. The highest BCUT2D eigenvalue weighted by atomic mass is 16.5. The molecule has 0 unspecified atom stereocenters. The molecule has 0 radical (unpaired) electrons. The third-order valence-corrected chi connectivity index (χ3v) is 2.08. The quantitative estimate of drug-likeness (QED) is 0.459. The summed E-state index contributed by atoms with van der Waals surface area (Å²) in [7, 11) is 3.61. The van der Waals surface area contributed by atoms with Gasteiger partial charge < -0.3 is 24.3 Å². The molecule has 0 aliphatic rings. The molecule has 0 aromatic rings. The van der Waals surface area contributed by atoms with Gasteiger partial charge in [0.15, 0.2) is 0 Å². The van der Waals surface area contributed by atoms with Gasteiger partial charge in [0, 0.05) is 40.1 Å². The van der Waals surface area contributed by atoms with Crippen molar-refractivity contribution in [1.29, 1.82) is 0 Å². The number of likely N-dealkylation sites (N-methyl/N-ethyl adjacent to an activating group) is 1. The Balaban J connectivity index is 2.85. The Morgan fingerprint density at radius 1 is 0.706 bits per heavy atom. The number of rotatable bonds is 14. The Hall–Kier alpha value is -0.200. The van der Waals surface area contributed by atoms with Gasteiger partial charge in [-0.1, -0.05) is 0 Å². The third-order valence-electron chi connectivity index (χ3n) is 2.08. The average Bonchev–Trinajstić information content (AvgIpc) is 2.35. The van der Waals surface area contributed by atoms with E-state index in [0.29, 0.717) is 13.2 Å². The first-order valence-corrected chi connectivity index (χ1v) is 6.28. The largest absolute Gasteiger partial charge is 0.385 e. The zero-order chi connectivity index (χ0) is 12.6. The lowest BCUT2D eigenvalue weighted by atomic mass is 10.5. The van der Waals surface area contributed by atoms with E-state index in [1.807, 2.05) is 7.05 Å². The Labute approximate surface area is 105 Å². The second-order valence-corrected chi connectivity index (χ2v) is 3.64. The van der Waals surface area contributed by atoms with E-state index in [-0.39, 0.29) is 0 Å². The molecule has 0 saturated heterocycles. The zero-order valence-corrected chi connectivity index (χ0v) is 11.2. The van der Waals surface area contributed by atoms with Gasteiger partial charge >= 0.3 is 0 Å². The maximum atomic E-state index is 5.39. The average molecular weight is 249 g/mol. The summed E-state index contributed by atoms with van der Waals surface area (Å²) in [5.74, 6) is 0. The predicted octanol–water partition coefficient (Wildman–Crippen LogP) is 0.682. The SMILES string of the molecule is CNCCOCCCOCCOCCCOC. The van der Waals surface area contributed by atoms with E-state index in [1.165, 1.54) is 0 Å². The second kappa shape index (κ2) is 15.8. The Kier molecular flexibility index (Phi) is 15.6. The summed E-state index contributed by atoms with van der Waals surface area (Å²) in [5, 5.41) is 3.03. The number of hydrogen-bond donors (Lipinski definition) is 1. The molecule has 0 atom stereocenters. The molecule has 0 fully saturated rings. The molecule has 0 amide bonds. The minimum absolute atomic E-state index is 0.656. The first kappa shape index (κ1) is 16.8. The first-order chi connectivity index (χ1) is 8.41. The molecule has 5 heteroatoms. The van der Waals surface area contributed by atoms with Gasteiger partial charge in [0.1, 0.15) is 0 Å².